The fourth-order valence-corrected chi connectivity index (χ4v) is 2.64. The number of carbonyl (C=O) groups is 1. The van der Waals surface area contributed by atoms with E-state index in [1.54, 1.807) is 29.2 Å². The van der Waals surface area contributed by atoms with Crippen LogP contribution in [0, 0.1) is 0 Å². The number of carbonyl (C=O) groups excluding carboxylic acids is 1. The molecule has 2 N–H and O–H groups in total. The maximum Gasteiger partial charge on any atom is 0.326 e. The van der Waals surface area contributed by atoms with E-state index in [4.69, 9.17) is 0 Å². The Hall–Kier alpha value is -2.49. The lowest BCUT2D eigenvalue weighted by atomic mass is 10.1. The first-order chi connectivity index (χ1) is 10.2. The maximum atomic E-state index is 12.5. The second-order valence-corrected chi connectivity index (χ2v) is 5.21. The van der Waals surface area contributed by atoms with Crippen molar-refractivity contribution in [1.82, 2.24) is 0 Å². The lowest BCUT2D eigenvalue weighted by molar-refractivity contribution is 0.257. The van der Waals surface area contributed by atoms with Gasteiger partial charge in [-0.05, 0) is 55.2 Å². The summed E-state index contributed by atoms with van der Waals surface area (Å²) in [5.41, 5.74) is 2.89. The van der Waals surface area contributed by atoms with Gasteiger partial charge in [0.2, 0.25) is 0 Å². The van der Waals surface area contributed by atoms with E-state index in [-0.39, 0.29) is 11.8 Å². The molecule has 0 bridgehead atoms. The van der Waals surface area contributed by atoms with Gasteiger partial charge in [-0.25, -0.2) is 4.79 Å². The molecular weight excluding hydrogens is 264 g/mol. The number of hydrogen-bond acceptors (Lipinski definition) is 2. The molecule has 1 aliphatic heterocycles. The zero-order chi connectivity index (χ0) is 14.7. The maximum absolute atomic E-state index is 12.5. The van der Waals surface area contributed by atoms with E-state index in [2.05, 4.69) is 11.4 Å². The average molecular weight is 282 g/mol. The third-order valence-electron chi connectivity index (χ3n) is 3.72. The van der Waals surface area contributed by atoms with Crippen molar-refractivity contribution >= 4 is 17.4 Å². The lowest BCUT2D eigenvalue weighted by Crippen LogP contribution is -2.35. The Morgan fingerprint density at radius 3 is 2.62 bits per heavy atom. The summed E-state index contributed by atoms with van der Waals surface area (Å²) in [5.74, 6) is 0.188. The quantitative estimate of drug-likeness (QED) is 0.782. The van der Waals surface area contributed by atoms with E-state index in [9.17, 15) is 9.90 Å². The van der Waals surface area contributed by atoms with Crippen LogP contribution in [0.25, 0.3) is 0 Å². The zero-order valence-electron chi connectivity index (χ0n) is 11.7. The van der Waals surface area contributed by atoms with Crippen molar-refractivity contribution in [2.45, 2.75) is 19.3 Å². The van der Waals surface area contributed by atoms with Gasteiger partial charge in [0.05, 0.1) is 0 Å². The van der Waals surface area contributed by atoms with Crippen molar-refractivity contribution < 1.29 is 9.90 Å². The normalized spacial score (nSPS) is 14.2. The third-order valence-corrected chi connectivity index (χ3v) is 3.72. The van der Waals surface area contributed by atoms with Crippen LogP contribution in [-0.4, -0.2) is 17.7 Å². The number of anilines is 2. The number of phenols is 1. The highest BCUT2D eigenvalue weighted by atomic mass is 16.3. The number of nitrogens with one attached hydrogen (secondary N) is 1. The number of aromatic hydroxyl groups is 1. The Morgan fingerprint density at radius 1 is 1.05 bits per heavy atom. The van der Waals surface area contributed by atoms with Crippen LogP contribution in [0.5, 0.6) is 5.75 Å². The highest BCUT2D eigenvalue weighted by Gasteiger charge is 2.20. The van der Waals surface area contributed by atoms with E-state index in [0.29, 0.717) is 5.69 Å². The van der Waals surface area contributed by atoms with E-state index in [1.807, 2.05) is 18.2 Å². The first-order valence-corrected chi connectivity index (χ1v) is 7.19. The summed E-state index contributed by atoms with van der Waals surface area (Å²) in [6, 6.07) is 14.4. The van der Waals surface area contributed by atoms with Crippen LogP contribution in [0.2, 0.25) is 0 Å². The smallest absolute Gasteiger partial charge is 0.326 e. The SMILES string of the molecule is O=C(Nc1ccc(O)cc1)N1CCCCc2ccccc21. The molecule has 1 aliphatic rings. The van der Waals surface area contributed by atoms with Crippen LogP contribution in [-0.2, 0) is 6.42 Å². The Kier molecular flexibility index (Phi) is 3.77. The molecule has 108 valence electrons. The van der Waals surface area contributed by atoms with E-state index < -0.39 is 0 Å². The minimum absolute atomic E-state index is 0.130. The first kappa shape index (κ1) is 13.5. The van der Waals surface area contributed by atoms with Gasteiger partial charge in [0.1, 0.15) is 5.75 Å². The molecule has 0 saturated heterocycles. The molecule has 4 heteroatoms. The van der Waals surface area contributed by atoms with Crippen molar-refractivity contribution in [2.24, 2.45) is 0 Å². The highest BCUT2D eigenvalue weighted by molar-refractivity contribution is 6.02. The van der Waals surface area contributed by atoms with Crippen LogP contribution >= 0.6 is 0 Å². The molecule has 0 aliphatic carbocycles. The highest BCUT2D eigenvalue weighted by Crippen LogP contribution is 2.26. The minimum Gasteiger partial charge on any atom is -0.508 e. The number of para-hydroxylation sites is 1. The number of hydrogen-bond donors (Lipinski definition) is 2. The summed E-state index contributed by atoms with van der Waals surface area (Å²) < 4.78 is 0. The predicted octanol–water partition coefficient (Wildman–Crippen LogP) is 3.77. The summed E-state index contributed by atoms with van der Waals surface area (Å²) in [5, 5.41) is 12.2. The van der Waals surface area contributed by atoms with Gasteiger partial charge in [-0.15, -0.1) is 0 Å². The van der Waals surface area contributed by atoms with Crippen molar-refractivity contribution in [2.75, 3.05) is 16.8 Å². The molecule has 4 nitrogen and oxygen atoms in total. The minimum atomic E-state index is -0.130. The number of phenolic OH excluding ortho intramolecular Hbond substituents is 1. The van der Waals surface area contributed by atoms with Gasteiger partial charge in [0.15, 0.2) is 0 Å². The molecule has 21 heavy (non-hydrogen) atoms. The fourth-order valence-electron chi connectivity index (χ4n) is 2.64. The van der Waals surface area contributed by atoms with Crippen LogP contribution < -0.4 is 10.2 Å². The summed E-state index contributed by atoms with van der Waals surface area (Å²) in [4.78, 5) is 14.3. The molecule has 3 rings (SSSR count). The molecule has 0 unspecified atom stereocenters. The van der Waals surface area contributed by atoms with Gasteiger partial charge < -0.3 is 10.4 Å². The number of benzene rings is 2. The van der Waals surface area contributed by atoms with Crippen molar-refractivity contribution in [1.29, 1.82) is 0 Å². The van der Waals surface area contributed by atoms with Crippen molar-refractivity contribution in [3.63, 3.8) is 0 Å². The molecule has 0 atom stereocenters. The second-order valence-electron chi connectivity index (χ2n) is 5.21. The zero-order valence-corrected chi connectivity index (χ0v) is 11.7. The Balaban J connectivity index is 1.82. The van der Waals surface area contributed by atoms with Gasteiger partial charge in [-0.2, -0.15) is 0 Å². The molecule has 2 aromatic rings. The summed E-state index contributed by atoms with van der Waals surface area (Å²) in [6.45, 7) is 0.723. The average Bonchev–Trinajstić information content (AvgIpc) is 2.72. The third kappa shape index (κ3) is 2.99. The van der Waals surface area contributed by atoms with Gasteiger partial charge in [-0.3, -0.25) is 4.90 Å². The Bertz CT molecular complexity index is 637. The standard InChI is InChI=1S/C17H18N2O2/c20-15-10-8-14(9-11-15)18-17(21)19-12-4-3-6-13-5-1-2-7-16(13)19/h1-2,5,7-11,20H,3-4,6,12H2,(H,18,21). The topological polar surface area (TPSA) is 52.6 Å². The van der Waals surface area contributed by atoms with Crippen LogP contribution in [0.4, 0.5) is 16.2 Å². The van der Waals surface area contributed by atoms with Crippen molar-refractivity contribution in [3.8, 4) is 5.75 Å². The number of amides is 2. The number of aryl methyl sites for hydroxylation is 1. The molecule has 0 radical (unpaired) electrons. The van der Waals surface area contributed by atoms with Gasteiger partial charge in [-0.1, -0.05) is 18.2 Å². The number of nitrogens with zero attached hydrogens (tertiary/aromatic N) is 1. The number of rotatable bonds is 1. The Morgan fingerprint density at radius 2 is 1.81 bits per heavy atom. The molecule has 2 aromatic carbocycles. The largest absolute Gasteiger partial charge is 0.508 e. The van der Waals surface area contributed by atoms with E-state index in [1.165, 1.54) is 5.56 Å². The molecule has 1 heterocycles. The molecule has 0 saturated carbocycles. The fraction of sp³-hybridized carbons (Fsp3) is 0.235. The second kappa shape index (κ2) is 5.87. The lowest BCUT2D eigenvalue weighted by Gasteiger charge is -2.23. The molecule has 0 fully saturated rings. The van der Waals surface area contributed by atoms with Crippen LogP contribution in [0.1, 0.15) is 18.4 Å². The summed E-state index contributed by atoms with van der Waals surface area (Å²) >= 11 is 0. The molecular formula is C17H18N2O2. The van der Waals surface area contributed by atoms with E-state index in [0.717, 1.165) is 31.5 Å². The molecule has 2 amide bonds. The van der Waals surface area contributed by atoms with Gasteiger partial charge >= 0.3 is 6.03 Å². The summed E-state index contributed by atoms with van der Waals surface area (Å²) in [7, 11) is 0. The first-order valence-electron chi connectivity index (χ1n) is 7.19. The van der Waals surface area contributed by atoms with Crippen molar-refractivity contribution in [3.05, 3.63) is 54.1 Å². The number of urea groups is 1. The predicted molar refractivity (Wildman–Crippen MR) is 83.9 cm³/mol. The number of fused-ring (bicyclic) bond motifs is 1. The van der Waals surface area contributed by atoms with Crippen LogP contribution in [0.3, 0.4) is 0 Å². The van der Waals surface area contributed by atoms with Gasteiger partial charge in [0.25, 0.3) is 0 Å². The van der Waals surface area contributed by atoms with E-state index >= 15 is 0 Å². The summed E-state index contributed by atoms with van der Waals surface area (Å²) in [6.07, 6.45) is 3.11. The Labute approximate surface area is 124 Å². The van der Waals surface area contributed by atoms with Gasteiger partial charge in [0, 0.05) is 17.9 Å². The van der Waals surface area contributed by atoms with Crippen LogP contribution in [0.15, 0.2) is 48.5 Å². The molecule has 0 spiro atoms. The molecule has 0 aromatic heterocycles. The monoisotopic (exact) mass is 282 g/mol.